The lowest BCUT2D eigenvalue weighted by atomic mass is 9.86. The van der Waals surface area contributed by atoms with Crippen LogP contribution in [0.1, 0.15) is 52.0 Å². The Kier molecular flexibility index (Phi) is 5.71. The third-order valence-corrected chi connectivity index (χ3v) is 5.75. The Labute approximate surface area is 145 Å². The maximum atomic E-state index is 12.5. The van der Waals surface area contributed by atoms with Crippen LogP contribution in [-0.2, 0) is 20.2 Å². The van der Waals surface area contributed by atoms with Crippen LogP contribution in [0.5, 0.6) is 0 Å². The summed E-state index contributed by atoms with van der Waals surface area (Å²) in [5, 5.41) is 2.90. The Balaban J connectivity index is 2.15. The summed E-state index contributed by atoms with van der Waals surface area (Å²) in [6.07, 6.45) is 4.88. The van der Waals surface area contributed by atoms with E-state index in [9.17, 15) is 13.2 Å². The quantitative estimate of drug-likeness (QED) is 0.885. The molecule has 1 fully saturated rings. The number of nitrogens with zero attached hydrogens (tertiary/aromatic N) is 1. The number of hydrogen-bond acceptors (Lipinski definition) is 3. The maximum absolute atomic E-state index is 12.5. The minimum Gasteiger partial charge on any atom is -0.325 e. The summed E-state index contributed by atoms with van der Waals surface area (Å²) in [5.41, 5.74) is 1.67. The number of rotatable bonds is 5. The van der Waals surface area contributed by atoms with Crippen LogP contribution in [0, 0.1) is 0 Å². The number of benzene rings is 1. The van der Waals surface area contributed by atoms with Gasteiger partial charge >= 0.3 is 0 Å². The van der Waals surface area contributed by atoms with Gasteiger partial charge in [-0.15, -0.1) is 0 Å². The van der Waals surface area contributed by atoms with Gasteiger partial charge in [0.05, 0.1) is 12.8 Å². The number of sulfonamides is 1. The van der Waals surface area contributed by atoms with E-state index in [4.69, 9.17) is 0 Å². The zero-order chi connectivity index (χ0) is 18.0. The predicted octanol–water partition coefficient (Wildman–Crippen LogP) is 3.13. The number of anilines is 1. The second-order valence-corrected chi connectivity index (χ2v) is 9.53. The van der Waals surface area contributed by atoms with E-state index >= 15 is 0 Å². The molecule has 1 amide bonds. The van der Waals surface area contributed by atoms with E-state index in [1.165, 1.54) is 10.6 Å². The van der Waals surface area contributed by atoms with E-state index in [-0.39, 0.29) is 23.9 Å². The minimum absolute atomic E-state index is 0.0522. The van der Waals surface area contributed by atoms with Crippen molar-refractivity contribution in [2.45, 2.75) is 57.9 Å². The topological polar surface area (TPSA) is 66.5 Å². The van der Waals surface area contributed by atoms with Gasteiger partial charge < -0.3 is 5.32 Å². The van der Waals surface area contributed by atoms with Crippen molar-refractivity contribution in [3.05, 3.63) is 29.8 Å². The lowest BCUT2D eigenvalue weighted by Gasteiger charge is -2.27. The van der Waals surface area contributed by atoms with Gasteiger partial charge in [-0.3, -0.25) is 4.79 Å². The van der Waals surface area contributed by atoms with Gasteiger partial charge in [0.1, 0.15) is 0 Å². The third kappa shape index (κ3) is 4.80. The molecule has 1 aromatic rings. The smallest absolute Gasteiger partial charge is 0.239 e. The largest absolute Gasteiger partial charge is 0.325 e. The summed E-state index contributed by atoms with van der Waals surface area (Å²) in [4.78, 5) is 12.5. The molecule has 24 heavy (non-hydrogen) atoms. The first-order chi connectivity index (χ1) is 11.1. The van der Waals surface area contributed by atoms with Crippen LogP contribution in [0.2, 0.25) is 0 Å². The third-order valence-electron chi connectivity index (χ3n) is 4.47. The fraction of sp³-hybridized carbons (Fsp3) is 0.611. The van der Waals surface area contributed by atoms with Crippen molar-refractivity contribution in [2.24, 2.45) is 0 Å². The normalized spacial score (nSPS) is 16.5. The number of para-hydroxylation sites is 1. The summed E-state index contributed by atoms with van der Waals surface area (Å²) >= 11 is 0. The lowest BCUT2D eigenvalue weighted by molar-refractivity contribution is -0.116. The van der Waals surface area contributed by atoms with E-state index in [0.717, 1.165) is 36.9 Å². The van der Waals surface area contributed by atoms with Crippen molar-refractivity contribution < 1.29 is 13.2 Å². The van der Waals surface area contributed by atoms with Gasteiger partial charge in [-0.2, -0.15) is 4.31 Å². The molecule has 0 aromatic heterocycles. The number of hydrogen-bond donors (Lipinski definition) is 1. The Morgan fingerprint density at radius 3 is 2.33 bits per heavy atom. The average Bonchev–Trinajstić information content (AvgIpc) is 2.96. The molecule has 1 aromatic carbocycles. The molecule has 0 radical (unpaired) electrons. The first kappa shape index (κ1) is 18.9. The molecule has 5 nitrogen and oxygen atoms in total. The van der Waals surface area contributed by atoms with Gasteiger partial charge in [-0.25, -0.2) is 8.42 Å². The van der Waals surface area contributed by atoms with E-state index in [2.05, 4.69) is 26.1 Å². The average molecular weight is 353 g/mol. The Morgan fingerprint density at radius 2 is 1.79 bits per heavy atom. The highest BCUT2D eigenvalue weighted by Crippen LogP contribution is 2.29. The molecule has 0 unspecified atom stereocenters. The monoisotopic (exact) mass is 352 g/mol. The van der Waals surface area contributed by atoms with E-state index in [1.54, 1.807) is 0 Å². The van der Waals surface area contributed by atoms with Gasteiger partial charge in [0.2, 0.25) is 15.9 Å². The Hall–Kier alpha value is -1.40. The summed E-state index contributed by atoms with van der Waals surface area (Å²) in [6.45, 7) is 6.12. The lowest BCUT2D eigenvalue weighted by Crippen LogP contribution is -2.43. The maximum Gasteiger partial charge on any atom is 0.239 e. The molecule has 1 saturated carbocycles. The van der Waals surface area contributed by atoms with Gasteiger partial charge in [0.15, 0.2) is 0 Å². The molecule has 1 aliphatic rings. The summed E-state index contributed by atoms with van der Waals surface area (Å²) in [6, 6.07) is 7.61. The van der Waals surface area contributed by atoms with Crippen LogP contribution < -0.4 is 5.32 Å². The SMILES string of the molecule is CC(C)(C)c1ccccc1NC(=O)CN(C1CCCC1)S(C)(=O)=O. The summed E-state index contributed by atoms with van der Waals surface area (Å²) in [5.74, 6) is -0.288. The predicted molar refractivity (Wildman–Crippen MR) is 97.6 cm³/mol. The molecule has 0 atom stereocenters. The first-order valence-electron chi connectivity index (χ1n) is 8.45. The molecular formula is C18H28N2O3S. The van der Waals surface area contributed by atoms with Crippen LogP contribution in [0.3, 0.4) is 0 Å². The van der Waals surface area contributed by atoms with Gasteiger partial charge in [0.25, 0.3) is 0 Å². The molecule has 6 heteroatoms. The van der Waals surface area contributed by atoms with Gasteiger partial charge in [-0.1, -0.05) is 51.8 Å². The fourth-order valence-corrected chi connectivity index (χ4v) is 4.39. The molecule has 134 valence electrons. The highest BCUT2D eigenvalue weighted by molar-refractivity contribution is 7.88. The van der Waals surface area contributed by atoms with Gasteiger partial charge in [0, 0.05) is 11.7 Å². The zero-order valence-corrected chi connectivity index (χ0v) is 15.8. The second-order valence-electron chi connectivity index (χ2n) is 7.59. The highest BCUT2D eigenvalue weighted by Gasteiger charge is 2.31. The van der Waals surface area contributed by atoms with Crippen LogP contribution in [-0.4, -0.2) is 37.5 Å². The summed E-state index contributed by atoms with van der Waals surface area (Å²) in [7, 11) is -3.40. The van der Waals surface area contributed by atoms with E-state index in [1.807, 2.05) is 24.3 Å². The Morgan fingerprint density at radius 1 is 1.21 bits per heavy atom. The van der Waals surface area contributed by atoms with Crippen molar-refractivity contribution in [1.29, 1.82) is 0 Å². The van der Waals surface area contributed by atoms with E-state index in [0.29, 0.717) is 0 Å². The van der Waals surface area contributed by atoms with Crippen LogP contribution in [0.25, 0.3) is 0 Å². The molecule has 0 saturated heterocycles. The summed E-state index contributed by atoms with van der Waals surface area (Å²) < 4.78 is 25.5. The first-order valence-corrected chi connectivity index (χ1v) is 10.3. The van der Waals surface area contributed by atoms with Crippen LogP contribution in [0.4, 0.5) is 5.69 Å². The second kappa shape index (κ2) is 7.23. The van der Waals surface area contributed by atoms with Crippen molar-refractivity contribution >= 4 is 21.6 Å². The number of amides is 1. The van der Waals surface area contributed by atoms with Crippen molar-refractivity contribution in [3.8, 4) is 0 Å². The molecule has 1 N–H and O–H groups in total. The van der Waals surface area contributed by atoms with Crippen molar-refractivity contribution in [3.63, 3.8) is 0 Å². The fourth-order valence-electron chi connectivity index (χ4n) is 3.29. The number of carbonyl (C=O) groups excluding carboxylic acids is 1. The zero-order valence-electron chi connectivity index (χ0n) is 15.0. The minimum atomic E-state index is -3.40. The molecule has 2 rings (SSSR count). The molecule has 0 bridgehead atoms. The molecule has 0 aliphatic heterocycles. The molecule has 1 aliphatic carbocycles. The molecular weight excluding hydrogens is 324 g/mol. The number of carbonyl (C=O) groups is 1. The van der Waals surface area contributed by atoms with Crippen LogP contribution in [0.15, 0.2) is 24.3 Å². The number of nitrogens with one attached hydrogen (secondary N) is 1. The molecule has 0 spiro atoms. The standard InChI is InChI=1S/C18H28N2O3S/c1-18(2,3)15-11-7-8-12-16(15)19-17(21)13-20(24(4,22)23)14-9-5-6-10-14/h7-8,11-12,14H,5-6,9-10,13H2,1-4H3,(H,19,21). The van der Waals surface area contributed by atoms with Crippen LogP contribution >= 0.6 is 0 Å². The Bertz CT molecular complexity index is 686. The highest BCUT2D eigenvalue weighted by atomic mass is 32.2. The van der Waals surface area contributed by atoms with Gasteiger partial charge in [-0.05, 0) is 29.9 Å². The van der Waals surface area contributed by atoms with Crippen molar-refractivity contribution in [1.82, 2.24) is 4.31 Å². The van der Waals surface area contributed by atoms with E-state index < -0.39 is 10.0 Å². The van der Waals surface area contributed by atoms with Crippen molar-refractivity contribution in [2.75, 3.05) is 18.1 Å². The molecule has 0 heterocycles.